The molecule has 26 heavy (non-hydrogen) atoms. The van der Waals surface area contributed by atoms with E-state index in [1.165, 1.54) is 0 Å². The highest BCUT2D eigenvalue weighted by Crippen LogP contribution is 2.39. The first-order valence-electron chi connectivity index (χ1n) is 9.36. The molecule has 1 amide bonds. The highest BCUT2D eigenvalue weighted by molar-refractivity contribution is 5.89. The van der Waals surface area contributed by atoms with E-state index in [1.807, 2.05) is 36.9 Å². The van der Waals surface area contributed by atoms with Crippen LogP contribution in [0.3, 0.4) is 0 Å². The monoisotopic (exact) mass is 355 g/mol. The Kier molecular flexibility index (Phi) is 4.53. The predicted octanol–water partition coefficient (Wildman–Crippen LogP) is 2.87. The topological polar surface area (TPSA) is 68.5 Å². The molecule has 1 aromatic carbocycles. The molecule has 0 N–H and O–H groups in total. The van der Waals surface area contributed by atoms with Crippen LogP contribution < -0.4 is 0 Å². The van der Waals surface area contributed by atoms with Gasteiger partial charge in [-0.05, 0) is 18.4 Å². The van der Waals surface area contributed by atoms with E-state index in [1.54, 1.807) is 0 Å². The molecular formula is C20H25N3O3. The van der Waals surface area contributed by atoms with E-state index in [4.69, 9.17) is 9.26 Å². The average molecular weight is 355 g/mol. The third-order valence-electron chi connectivity index (χ3n) is 5.57. The van der Waals surface area contributed by atoms with Crippen LogP contribution in [-0.4, -0.2) is 47.3 Å². The Morgan fingerprint density at radius 2 is 1.88 bits per heavy atom. The summed E-state index contributed by atoms with van der Waals surface area (Å²) in [7, 11) is 0. The normalized spacial score (nSPS) is 20.2. The lowest BCUT2D eigenvalue weighted by atomic mass is 9.72. The van der Waals surface area contributed by atoms with Gasteiger partial charge in [-0.15, -0.1) is 0 Å². The van der Waals surface area contributed by atoms with E-state index in [2.05, 4.69) is 22.3 Å². The fraction of sp³-hybridized carbons (Fsp3) is 0.550. The standard InChI is InChI=1S/C20H25N3O3/c1-14(2)17-21-18(26-22-17)15-12-23(13-15)19(24)20(8-10-25-11-9-20)16-6-4-3-5-7-16/h3-7,14-15H,8-13H2,1-2H3. The first-order chi connectivity index (χ1) is 12.6. The number of hydrogen-bond donors (Lipinski definition) is 0. The Labute approximate surface area is 153 Å². The van der Waals surface area contributed by atoms with Crippen LogP contribution in [0.2, 0.25) is 0 Å². The largest absolute Gasteiger partial charge is 0.381 e. The first-order valence-corrected chi connectivity index (χ1v) is 9.36. The molecule has 0 radical (unpaired) electrons. The fourth-order valence-corrected chi connectivity index (χ4v) is 3.85. The SMILES string of the molecule is CC(C)c1noc(C2CN(C(=O)C3(c4ccccc4)CCOCC3)C2)n1. The van der Waals surface area contributed by atoms with Crippen LogP contribution in [0.1, 0.15) is 55.8 Å². The third kappa shape index (κ3) is 2.92. The van der Waals surface area contributed by atoms with Crippen molar-refractivity contribution in [3.8, 4) is 0 Å². The second-order valence-corrected chi connectivity index (χ2v) is 7.61. The number of benzene rings is 1. The van der Waals surface area contributed by atoms with Crippen molar-refractivity contribution in [3.63, 3.8) is 0 Å². The van der Waals surface area contributed by atoms with Crippen LogP contribution in [0.25, 0.3) is 0 Å². The molecule has 0 aliphatic carbocycles. The smallest absolute Gasteiger partial charge is 0.233 e. The number of nitrogens with zero attached hydrogens (tertiary/aromatic N) is 3. The van der Waals surface area contributed by atoms with Crippen molar-refractivity contribution >= 4 is 5.91 Å². The van der Waals surface area contributed by atoms with Gasteiger partial charge in [-0.3, -0.25) is 4.79 Å². The van der Waals surface area contributed by atoms with Crippen molar-refractivity contribution in [2.75, 3.05) is 26.3 Å². The lowest BCUT2D eigenvalue weighted by molar-refractivity contribution is -0.146. The van der Waals surface area contributed by atoms with Gasteiger partial charge in [0.05, 0.1) is 11.3 Å². The molecule has 2 aromatic rings. The first kappa shape index (κ1) is 17.2. The predicted molar refractivity (Wildman–Crippen MR) is 95.9 cm³/mol. The van der Waals surface area contributed by atoms with Gasteiger partial charge in [-0.1, -0.05) is 49.3 Å². The summed E-state index contributed by atoms with van der Waals surface area (Å²) < 4.78 is 10.9. The molecule has 1 aromatic heterocycles. The molecule has 6 heteroatoms. The lowest BCUT2D eigenvalue weighted by Gasteiger charge is -2.45. The van der Waals surface area contributed by atoms with E-state index in [9.17, 15) is 4.79 Å². The van der Waals surface area contributed by atoms with Gasteiger partial charge in [0.25, 0.3) is 0 Å². The van der Waals surface area contributed by atoms with E-state index < -0.39 is 5.41 Å². The van der Waals surface area contributed by atoms with Crippen molar-refractivity contribution in [2.45, 2.75) is 43.9 Å². The Morgan fingerprint density at radius 1 is 1.19 bits per heavy atom. The number of rotatable bonds is 4. The van der Waals surface area contributed by atoms with Crippen LogP contribution in [0, 0.1) is 0 Å². The maximum absolute atomic E-state index is 13.4. The number of carbonyl (C=O) groups excluding carboxylic acids is 1. The zero-order valence-electron chi connectivity index (χ0n) is 15.4. The van der Waals surface area contributed by atoms with Crippen molar-refractivity contribution in [2.24, 2.45) is 0 Å². The minimum Gasteiger partial charge on any atom is -0.381 e. The van der Waals surface area contributed by atoms with Gasteiger partial charge in [0.15, 0.2) is 5.82 Å². The van der Waals surface area contributed by atoms with Crippen molar-refractivity contribution < 1.29 is 14.1 Å². The summed E-state index contributed by atoms with van der Waals surface area (Å²) >= 11 is 0. The molecule has 2 saturated heterocycles. The molecule has 3 heterocycles. The summed E-state index contributed by atoms with van der Waals surface area (Å²) in [6.07, 6.45) is 1.46. The van der Waals surface area contributed by atoms with Gasteiger partial charge in [0, 0.05) is 32.2 Å². The van der Waals surface area contributed by atoms with Crippen molar-refractivity contribution in [1.82, 2.24) is 15.0 Å². The molecule has 2 aliphatic heterocycles. The molecule has 2 aliphatic rings. The van der Waals surface area contributed by atoms with Gasteiger partial charge < -0.3 is 14.2 Å². The van der Waals surface area contributed by atoms with E-state index >= 15 is 0 Å². The minimum absolute atomic E-state index is 0.145. The maximum Gasteiger partial charge on any atom is 0.233 e. The van der Waals surface area contributed by atoms with Gasteiger partial charge in [-0.25, -0.2) is 0 Å². The Bertz CT molecular complexity index is 760. The van der Waals surface area contributed by atoms with Gasteiger partial charge in [-0.2, -0.15) is 4.98 Å². The summed E-state index contributed by atoms with van der Waals surface area (Å²) in [5.41, 5.74) is 0.624. The molecule has 138 valence electrons. The number of likely N-dealkylation sites (tertiary alicyclic amines) is 1. The van der Waals surface area contributed by atoms with Gasteiger partial charge in [0.2, 0.25) is 11.8 Å². The molecule has 0 unspecified atom stereocenters. The second-order valence-electron chi connectivity index (χ2n) is 7.61. The molecule has 6 nitrogen and oxygen atoms in total. The fourth-order valence-electron chi connectivity index (χ4n) is 3.85. The Morgan fingerprint density at radius 3 is 2.50 bits per heavy atom. The van der Waals surface area contributed by atoms with Crippen LogP contribution in [0.15, 0.2) is 34.9 Å². The molecule has 4 rings (SSSR count). The third-order valence-corrected chi connectivity index (χ3v) is 5.57. The number of carbonyl (C=O) groups is 1. The molecule has 2 fully saturated rings. The summed E-state index contributed by atoms with van der Waals surface area (Å²) in [6, 6.07) is 10.1. The Hall–Kier alpha value is -2.21. The average Bonchev–Trinajstić information content (AvgIpc) is 3.12. The zero-order chi connectivity index (χ0) is 18.1. The molecule has 0 saturated carbocycles. The van der Waals surface area contributed by atoms with Crippen molar-refractivity contribution in [1.29, 1.82) is 0 Å². The number of amides is 1. The zero-order valence-corrected chi connectivity index (χ0v) is 15.4. The number of aromatic nitrogens is 2. The molecule has 0 bridgehead atoms. The lowest BCUT2D eigenvalue weighted by Crippen LogP contribution is -2.57. The maximum atomic E-state index is 13.4. The number of ether oxygens (including phenoxy) is 1. The molecule has 0 spiro atoms. The van der Waals surface area contributed by atoms with Gasteiger partial charge >= 0.3 is 0 Å². The molecular weight excluding hydrogens is 330 g/mol. The summed E-state index contributed by atoms with van der Waals surface area (Å²) in [5.74, 6) is 1.97. The van der Waals surface area contributed by atoms with Crippen LogP contribution in [-0.2, 0) is 14.9 Å². The minimum atomic E-state index is -0.470. The quantitative estimate of drug-likeness (QED) is 0.843. The van der Waals surface area contributed by atoms with Crippen LogP contribution >= 0.6 is 0 Å². The summed E-state index contributed by atoms with van der Waals surface area (Å²) in [6.45, 7) is 6.63. The second kappa shape index (κ2) is 6.83. The Balaban J connectivity index is 1.49. The van der Waals surface area contributed by atoms with E-state index in [0.717, 1.165) is 24.2 Å². The number of hydrogen-bond acceptors (Lipinski definition) is 5. The van der Waals surface area contributed by atoms with Gasteiger partial charge in [0.1, 0.15) is 0 Å². The summed E-state index contributed by atoms with van der Waals surface area (Å²) in [4.78, 5) is 19.8. The van der Waals surface area contributed by atoms with Crippen LogP contribution in [0.5, 0.6) is 0 Å². The molecule has 0 atom stereocenters. The van der Waals surface area contributed by atoms with E-state index in [0.29, 0.717) is 32.2 Å². The van der Waals surface area contributed by atoms with Crippen molar-refractivity contribution in [3.05, 3.63) is 47.6 Å². The highest BCUT2D eigenvalue weighted by Gasteiger charge is 2.48. The summed E-state index contributed by atoms with van der Waals surface area (Å²) in [5, 5.41) is 4.03. The van der Waals surface area contributed by atoms with E-state index in [-0.39, 0.29) is 17.7 Å². The van der Waals surface area contributed by atoms with Crippen LogP contribution in [0.4, 0.5) is 0 Å². The highest BCUT2D eigenvalue weighted by atomic mass is 16.5.